The highest BCUT2D eigenvalue weighted by molar-refractivity contribution is 5.74. The van der Waals surface area contributed by atoms with Crippen LogP contribution in [0.3, 0.4) is 0 Å². The summed E-state index contributed by atoms with van der Waals surface area (Å²) in [4.78, 5) is 22.2. The second kappa shape index (κ2) is 7.50. The number of carboxylic acids is 1. The minimum atomic E-state index is -0.758. The summed E-state index contributed by atoms with van der Waals surface area (Å²) >= 11 is 0. The van der Waals surface area contributed by atoms with Gasteiger partial charge >= 0.3 is 12.0 Å². The van der Waals surface area contributed by atoms with E-state index in [0.29, 0.717) is 24.3 Å². The second-order valence-electron chi connectivity index (χ2n) is 6.83. The molecule has 1 aliphatic rings. The van der Waals surface area contributed by atoms with Crippen molar-refractivity contribution in [3.05, 3.63) is 0 Å². The molecule has 0 bridgehead atoms. The zero-order chi connectivity index (χ0) is 15.2. The Hall–Kier alpha value is -1.26. The SMILES string of the molecule is CC(CCNC(=O)NC1CCC(C)(C)C1)CCC(=O)O. The monoisotopic (exact) mass is 284 g/mol. The molecule has 0 spiro atoms. The van der Waals surface area contributed by atoms with Crippen LogP contribution in [0.25, 0.3) is 0 Å². The van der Waals surface area contributed by atoms with Gasteiger partial charge in [-0.2, -0.15) is 0 Å². The van der Waals surface area contributed by atoms with Crippen molar-refractivity contribution >= 4 is 12.0 Å². The summed E-state index contributed by atoms with van der Waals surface area (Å²) in [7, 11) is 0. The molecule has 0 radical (unpaired) electrons. The van der Waals surface area contributed by atoms with Crippen LogP contribution < -0.4 is 10.6 Å². The van der Waals surface area contributed by atoms with Crippen LogP contribution in [-0.4, -0.2) is 29.7 Å². The summed E-state index contributed by atoms with van der Waals surface area (Å²) in [5.74, 6) is -0.441. The average Bonchev–Trinajstić information content (AvgIpc) is 2.66. The van der Waals surface area contributed by atoms with Crippen molar-refractivity contribution in [1.82, 2.24) is 10.6 Å². The highest BCUT2D eigenvalue weighted by Crippen LogP contribution is 2.36. The van der Waals surface area contributed by atoms with Gasteiger partial charge in [0.15, 0.2) is 0 Å². The first-order valence-electron chi connectivity index (χ1n) is 7.55. The van der Waals surface area contributed by atoms with Crippen LogP contribution >= 0.6 is 0 Å². The van der Waals surface area contributed by atoms with Gasteiger partial charge in [0.25, 0.3) is 0 Å². The van der Waals surface area contributed by atoms with Gasteiger partial charge in [-0.3, -0.25) is 4.79 Å². The van der Waals surface area contributed by atoms with Crippen LogP contribution in [0.4, 0.5) is 4.79 Å². The lowest BCUT2D eigenvalue weighted by Gasteiger charge is -2.18. The number of rotatable bonds is 7. The van der Waals surface area contributed by atoms with E-state index in [9.17, 15) is 9.59 Å². The number of hydrogen-bond acceptors (Lipinski definition) is 2. The average molecular weight is 284 g/mol. The highest BCUT2D eigenvalue weighted by atomic mass is 16.4. The van der Waals surface area contributed by atoms with Gasteiger partial charge in [0.1, 0.15) is 0 Å². The second-order valence-corrected chi connectivity index (χ2v) is 6.83. The molecule has 1 aliphatic carbocycles. The third-order valence-corrected chi connectivity index (χ3v) is 4.08. The Kier molecular flexibility index (Phi) is 6.30. The molecule has 2 unspecified atom stereocenters. The molecule has 0 saturated heterocycles. The maximum atomic E-state index is 11.7. The highest BCUT2D eigenvalue weighted by Gasteiger charge is 2.31. The van der Waals surface area contributed by atoms with Crippen LogP contribution in [0, 0.1) is 11.3 Å². The predicted molar refractivity (Wildman–Crippen MR) is 78.6 cm³/mol. The maximum Gasteiger partial charge on any atom is 0.315 e. The summed E-state index contributed by atoms with van der Waals surface area (Å²) < 4.78 is 0. The molecule has 1 saturated carbocycles. The predicted octanol–water partition coefficient (Wildman–Crippen LogP) is 2.76. The summed E-state index contributed by atoms with van der Waals surface area (Å²) in [6, 6.07) is 0.188. The number of amides is 2. The van der Waals surface area contributed by atoms with E-state index in [2.05, 4.69) is 24.5 Å². The first kappa shape index (κ1) is 16.8. The van der Waals surface area contributed by atoms with Gasteiger partial charge in [-0.1, -0.05) is 20.8 Å². The van der Waals surface area contributed by atoms with Crippen molar-refractivity contribution in [3.8, 4) is 0 Å². The summed E-state index contributed by atoms with van der Waals surface area (Å²) in [5, 5.41) is 14.5. The molecular formula is C15H28N2O3. The van der Waals surface area contributed by atoms with E-state index >= 15 is 0 Å². The number of nitrogens with one attached hydrogen (secondary N) is 2. The zero-order valence-electron chi connectivity index (χ0n) is 12.9. The Morgan fingerprint density at radius 3 is 2.60 bits per heavy atom. The molecule has 1 rings (SSSR count). The fourth-order valence-electron chi connectivity index (χ4n) is 2.74. The van der Waals surface area contributed by atoms with E-state index < -0.39 is 5.97 Å². The standard InChI is InChI=1S/C15H28N2O3/c1-11(4-5-13(18)19)7-9-16-14(20)17-12-6-8-15(2,3)10-12/h11-12H,4-10H2,1-3H3,(H,18,19)(H2,16,17,20). The lowest BCUT2D eigenvalue weighted by molar-refractivity contribution is -0.137. The number of carbonyl (C=O) groups excluding carboxylic acids is 1. The largest absolute Gasteiger partial charge is 0.481 e. The van der Waals surface area contributed by atoms with E-state index in [0.717, 1.165) is 25.7 Å². The van der Waals surface area contributed by atoms with Crippen molar-refractivity contribution in [2.45, 2.75) is 65.3 Å². The van der Waals surface area contributed by atoms with Gasteiger partial charge in [-0.15, -0.1) is 0 Å². The molecule has 2 atom stereocenters. The third kappa shape index (κ3) is 6.78. The number of hydrogen-bond donors (Lipinski definition) is 3. The minimum Gasteiger partial charge on any atom is -0.481 e. The Bertz CT molecular complexity index is 342. The van der Waals surface area contributed by atoms with E-state index in [1.54, 1.807) is 0 Å². The van der Waals surface area contributed by atoms with Crippen LogP contribution in [0.5, 0.6) is 0 Å². The molecule has 2 amide bonds. The quantitative estimate of drug-likeness (QED) is 0.672. The Morgan fingerprint density at radius 1 is 1.35 bits per heavy atom. The molecule has 0 aromatic heterocycles. The molecule has 0 heterocycles. The number of carboxylic acid groups (broad SMARTS) is 1. The molecular weight excluding hydrogens is 256 g/mol. The summed E-state index contributed by atoms with van der Waals surface area (Å²) in [6.45, 7) is 7.08. The van der Waals surface area contributed by atoms with Crippen molar-refractivity contribution < 1.29 is 14.7 Å². The van der Waals surface area contributed by atoms with E-state index in [1.807, 2.05) is 6.92 Å². The lowest BCUT2D eigenvalue weighted by Crippen LogP contribution is -2.41. The fourth-order valence-corrected chi connectivity index (χ4v) is 2.74. The van der Waals surface area contributed by atoms with Crippen molar-refractivity contribution in [1.29, 1.82) is 0 Å². The van der Waals surface area contributed by atoms with Gasteiger partial charge < -0.3 is 15.7 Å². The topological polar surface area (TPSA) is 78.4 Å². The normalized spacial score (nSPS) is 22.2. The van der Waals surface area contributed by atoms with E-state index in [1.165, 1.54) is 0 Å². The smallest absolute Gasteiger partial charge is 0.315 e. The van der Waals surface area contributed by atoms with E-state index in [-0.39, 0.29) is 18.5 Å². The molecule has 116 valence electrons. The van der Waals surface area contributed by atoms with Crippen LogP contribution in [0.1, 0.15) is 59.3 Å². The van der Waals surface area contributed by atoms with Crippen molar-refractivity contribution in [2.75, 3.05) is 6.54 Å². The first-order valence-corrected chi connectivity index (χ1v) is 7.55. The zero-order valence-corrected chi connectivity index (χ0v) is 12.9. The number of urea groups is 1. The third-order valence-electron chi connectivity index (χ3n) is 4.08. The molecule has 0 aromatic rings. The number of aliphatic carboxylic acids is 1. The van der Waals surface area contributed by atoms with Crippen molar-refractivity contribution in [2.24, 2.45) is 11.3 Å². The fraction of sp³-hybridized carbons (Fsp3) is 0.867. The van der Waals surface area contributed by atoms with Crippen molar-refractivity contribution in [3.63, 3.8) is 0 Å². The molecule has 1 fully saturated rings. The molecule has 5 heteroatoms. The summed E-state index contributed by atoms with van der Waals surface area (Å²) in [5.41, 5.74) is 0.337. The van der Waals surface area contributed by atoms with Crippen LogP contribution in [0.15, 0.2) is 0 Å². The Labute approximate surface area is 121 Å². The van der Waals surface area contributed by atoms with E-state index in [4.69, 9.17) is 5.11 Å². The molecule has 0 aromatic carbocycles. The Balaban J connectivity index is 2.10. The van der Waals surface area contributed by atoms with Gasteiger partial charge in [0.05, 0.1) is 0 Å². The molecule has 5 nitrogen and oxygen atoms in total. The van der Waals surface area contributed by atoms with Crippen LogP contribution in [0.2, 0.25) is 0 Å². The minimum absolute atomic E-state index is 0.0989. The van der Waals surface area contributed by atoms with Gasteiger partial charge in [-0.25, -0.2) is 4.79 Å². The van der Waals surface area contributed by atoms with Gasteiger partial charge in [0, 0.05) is 19.0 Å². The van der Waals surface area contributed by atoms with Crippen LogP contribution in [-0.2, 0) is 4.79 Å². The molecule has 3 N–H and O–H groups in total. The first-order chi connectivity index (χ1) is 9.28. The summed E-state index contributed by atoms with van der Waals surface area (Å²) in [6.07, 6.45) is 4.92. The van der Waals surface area contributed by atoms with Gasteiger partial charge in [0.2, 0.25) is 0 Å². The molecule has 0 aliphatic heterocycles. The maximum absolute atomic E-state index is 11.7. The number of carbonyl (C=O) groups is 2. The lowest BCUT2D eigenvalue weighted by atomic mass is 9.92. The Morgan fingerprint density at radius 2 is 2.05 bits per heavy atom. The molecule has 20 heavy (non-hydrogen) atoms. The van der Waals surface area contributed by atoms with Gasteiger partial charge in [-0.05, 0) is 43.4 Å².